The summed E-state index contributed by atoms with van der Waals surface area (Å²) in [6, 6.07) is 1.74. The second kappa shape index (κ2) is 3.42. The molecule has 1 rings (SSSR count). The molecule has 1 radical (unpaired) electrons. The molecule has 0 spiro atoms. The van der Waals surface area contributed by atoms with E-state index in [4.69, 9.17) is 4.74 Å². The van der Waals surface area contributed by atoms with E-state index >= 15 is 0 Å². The standard InChI is InChI=1S/C8H13N2O/c1-4-7(2)11-8-5-6-9-10(8)3/h5,7H,4H2,1-3H3. The molecule has 0 aromatic carbocycles. The molecule has 1 heterocycles. The van der Waals surface area contributed by atoms with Gasteiger partial charge in [0.25, 0.3) is 0 Å². The number of ether oxygens (including phenoxy) is 1. The molecule has 0 aliphatic heterocycles. The molecule has 11 heavy (non-hydrogen) atoms. The van der Waals surface area contributed by atoms with Crippen LogP contribution in [0.5, 0.6) is 5.88 Å². The van der Waals surface area contributed by atoms with Crippen LogP contribution in [0.4, 0.5) is 0 Å². The van der Waals surface area contributed by atoms with E-state index in [0.717, 1.165) is 12.3 Å². The van der Waals surface area contributed by atoms with Crippen LogP contribution in [0.1, 0.15) is 20.3 Å². The molecule has 1 atom stereocenters. The molecule has 1 aromatic rings. The molecule has 0 aliphatic carbocycles. The van der Waals surface area contributed by atoms with Crippen molar-refractivity contribution in [3.63, 3.8) is 0 Å². The Morgan fingerprint density at radius 3 is 3.00 bits per heavy atom. The van der Waals surface area contributed by atoms with Crippen molar-refractivity contribution in [2.24, 2.45) is 7.05 Å². The van der Waals surface area contributed by atoms with E-state index in [1.54, 1.807) is 10.7 Å². The van der Waals surface area contributed by atoms with Gasteiger partial charge in [0, 0.05) is 13.1 Å². The fourth-order valence-corrected chi connectivity index (χ4v) is 0.713. The van der Waals surface area contributed by atoms with Gasteiger partial charge in [-0.3, -0.25) is 0 Å². The second-order valence-corrected chi connectivity index (χ2v) is 2.57. The van der Waals surface area contributed by atoms with Crippen LogP contribution in [0.15, 0.2) is 6.07 Å². The summed E-state index contributed by atoms with van der Waals surface area (Å²) in [6.45, 7) is 4.12. The highest BCUT2D eigenvalue weighted by atomic mass is 16.5. The van der Waals surface area contributed by atoms with E-state index < -0.39 is 0 Å². The van der Waals surface area contributed by atoms with Gasteiger partial charge in [-0.25, -0.2) is 4.68 Å². The minimum absolute atomic E-state index is 0.249. The van der Waals surface area contributed by atoms with Gasteiger partial charge >= 0.3 is 0 Å². The van der Waals surface area contributed by atoms with Gasteiger partial charge in [-0.15, -0.1) is 0 Å². The molecule has 3 heteroatoms. The molecule has 3 nitrogen and oxygen atoms in total. The van der Waals surface area contributed by atoms with Crippen molar-refractivity contribution in [2.45, 2.75) is 26.4 Å². The molecular weight excluding hydrogens is 140 g/mol. The van der Waals surface area contributed by atoms with Crippen LogP contribution in [0, 0.1) is 6.20 Å². The van der Waals surface area contributed by atoms with E-state index in [2.05, 4.69) is 18.2 Å². The Morgan fingerprint density at radius 1 is 1.82 bits per heavy atom. The molecule has 0 bridgehead atoms. The van der Waals surface area contributed by atoms with Gasteiger partial charge in [0.1, 0.15) is 6.20 Å². The average molecular weight is 153 g/mol. The SMILES string of the molecule is CCC(C)Oc1c[c]nn1C. The first kappa shape index (κ1) is 8.11. The summed E-state index contributed by atoms with van der Waals surface area (Å²) >= 11 is 0. The quantitative estimate of drug-likeness (QED) is 0.656. The fourth-order valence-electron chi connectivity index (χ4n) is 0.713. The number of nitrogens with zero attached hydrogens (tertiary/aromatic N) is 2. The van der Waals surface area contributed by atoms with Crippen LogP contribution in [0.3, 0.4) is 0 Å². The third-order valence-corrected chi connectivity index (χ3v) is 1.61. The molecule has 0 saturated carbocycles. The van der Waals surface area contributed by atoms with Crippen LogP contribution in [-0.2, 0) is 7.05 Å². The maximum Gasteiger partial charge on any atom is 0.212 e. The summed E-state index contributed by atoms with van der Waals surface area (Å²) in [5.41, 5.74) is 0. The lowest BCUT2D eigenvalue weighted by Gasteiger charge is -2.11. The maximum absolute atomic E-state index is 5.50. The van der Waals surface area contributed by atoms with Crippen LogP contribution in [0.25, 0.3) is 0 Å². The molecule has 1 unspecified atom stereocenters. The summed E-state index contributed by atoms with van der Waals surface area (Å²) in [5, 5.41) is 3.87. The number of rotatable bonds is 3. The predicted molar refractivity (Wildman–Crippen MR) is 42.4 cm³/mol. The van der Waals surface area contributed by atoms with E-state index in [0.29, 0.717) is 0 Å². The zero-order valence-electron chi connectivity index (χ0n) is 7.16. The fraction of sp³-hybridized carbons (Fsp3) is 0.625. The first-order valence-electron chi connectivity index (χ1n) is 3.80. The first-order chi connectivity index (χ1) is 5.24. The van der Waals surface area contributed by atoms with Crippen molar-refractivity contribution in [1.82, 2.24) is 9.78 Å². The maximum atomic E-state index is 5.50. The van der Waals surface area contributed by atoms with Gasteiger partial charge in [0.2, 0.25) is 5.88 Å². The minimum atomic E-state index is 0.249. The predicted octanol–water partition coefficient (Wildman–Crippen LogP) is 1.40. The Labute approximate surface area is 67.0 Å². The zero-order valence-corrected chi connectivity index (χ0v) is 7.16. The topological polar surface area (TPSA) is 27.1 Å². The Bertz CT molecular complexity index is 220. The largest absolute Gasteiger partial charge is 0.475 e. The average Bonchev–Trinajstić information content (AvgIpc) is 2.37. The number of hydrogen-bond donors (Lipinski definition) is 0. The lowest BCUT2D eigenvalue weighted by atomic mass is 10.3. The summed E-state index contributed by atoms with van der Waals surface area (Å²) in [6.07, 6.45) is 3.97. The smallest absolute Gasteiger partial charge is 0.212 e. The second-order valence-electron chi connectivity index (χ2n) is 2.57. The Kier molecular flexibility index (Phi) is 2.52. The Balaban J connectivity index is 2.56. The van der Waals surface area contributed by atoms with Crippen molar-refractivity contribution < 1.29 is 4.74 Å². The van der Waals surface area contributed by atoms with Crippen LogP contribution in [0.2, 0.25) is 0 Å². The highest BCUT2D eigenvalue weighted by Crippen LogP contribution is 2.09. The van der Waals surface area contributed by atoms with E-state index in [1.165, 1.54) is 0 Å². The molecule has 0 N–H and O–H groups in total. The lowest BCUT2D eigenvalue weighted by molar-refractivity contribution is 0.199. The number of aromatic nitrogens is 2. The molecule has 0 saturated heterocycles. The Hall–Kier alpha value is -0.990. The van der Waals surface area contributed by atoms with E-state index in [9.17, 15) is 0 Å². The van der Waals surface area contributed by atoms with Gasteiger partial charge in [0.15, 0.2) is 0 Å². The molecule has 0 fully saturated rings. The number of aryl methyl sites for hydroxylation is 1. The highest BCUT2D eigenvalue weighted by Gasteiger charge is 2.03. The monoisotopic (exact) mass is 153 g/mol. The van der Waals surface area contributed by atoms with Gasteiger partial charge < -0.3 is 4.74 Å². The van der Waals surface area contributed by atoms with Crippen LogP contribution >= 0.6 is 0 Å². The van der Waals surface area contributed by atoms with E-state index in [1.807, 2.05) is 14.0 Å². The summed E-state index contributed by atoms with van der Waals surface area (Å²) in [5.74, 6) is 0.777. The molecule has 1 aromatic heterocycles. The van der Waals surface area contributed by atoms with Crippen LogP contribution in [-0.4, -0.2) is 15.9 Å². The van der Waals surface area contributed by atoms with Gasteiger partial charge in [-0.1, -0.05) is 6.92 Å². The van der Waals surface area contributed by atoms with Crippen molar-refractivity contribution in [3.05, 3.63) is 12.3 Å². The Morgan fingerprint density at radius 2 is 2.55 bits per heavy atom. The zero-order chi connectivity index (χ0) is 8.27. The summed E-state index contributed by atoms with van der Waals surface area (Å²) < 4.78 is 7.18. The van der Waals surface area contributed by atoms with Gasteiger partial charge in [-0.2, -0.15) is 5.10 Å². The third-order valence-electron chi connectivity index (χ3n) is 1.61. The normalized spacial score (nSPS) is 13.0. The van der Waals surface area contributed by atoms with Crippen molar-refractivity contribution in [1.29, 1.82) is 0 Å². The van der Waals surface area contributed by atoms with Crippen LogP contribution < -0.4 is 4.74 Å². The minimum Gasteiger partial charge on any atom is -0.475 e. The summed E-state index contributed by atoms with van der Waals surface area (Å²) in [7, 11) is 1.84. The van der Waals surface area contributed by atoms with Gasteiger partial charge in [0.05, 0.1) is 6.10 Å². The summed E-state index contributed by atoms with van der Waals surface area (Å²) in [4.78, 5) is 0. The van der Waals surface area contributed by atoms with Crippen molar-refractivity contribution in [2.75, 3.05) is 0 Å². The van der Waals surface area contributed by atoms with Crippen molar-refractivity contribution >= 4 is 0 Å². The number of hydrogen-bond acceptors (Lipinski definition) is 2. The molecule has 0 aliphatic rings. The molecular formula is C8H13N2O. The molecule has 0 amide bonds. The van der Waals surface area contributed by atoms with Crippen molar-refractivity contribution in [3.8, 4) is 5.88 Å². The first-order valence-corrected chi connectivity index (χ1v) is 3.80. The van der Waals surface area contributed by atoms with Gasteiger partial charge in [-0.05, 0) is 13.3 Å². The lowest BCUT2D eigenvalue weighted by Crippen LogP contribution is -2.12. The third kappa shape index (κ3) is 1.97. The highest BCUT2D eigenvalue weighted by molar-refractivity contribution is 5.06. The van der Waals surface area contributed by atoms with E-state index in [-0.39, 0.29) is 6.10 Å². The molecule has 61 valence electrons.